The Morgan fingerprint density at radius 1 is 0.857 bits per heavy atom. The van der Waals surface area contributed by atoms with E-state index in [1.807, 2.05) is 18.2 Å². The summed E-state index contributed by atoms with van der Waals surface area (Å²) in [4.78, 5) is 17.9. The summed E-state index contributed by atoms with van der Waals surface area (Å²) in [5, 5.41) is 2.88. The molecule has 0 radical (unpaired) electrons. The van der Waals surface area contributed by atoms with E-state index in [-0.39, 0.29) is 5.56 Å². The van der Waals surface area contributed by atoms with Crippen LogP contribution in [-0.4, -0.2) is 9.55 Å². The van der Waals surface area contributed by atoms with E-state index in [0.717, 1.165) is 5.56 Å². The number of hydrogen-bond donors (Lipinski definition) is 0. The van der Waals surface area contributed by atoms with Gasteiger partial charge in [0, 0.05) is 20.8 Å². The second-order valence-corrected chi connectivity index (χ2v) is 8.21. The van der Waals surface area contributed by atoms with Gasteiger partial charge in [-0.1, -0.05) is 64.8 Å². The molecule has 0 aliphatic heterocycles. The molecule has 0 amide bonds. The average molecular weight is 448 g/mol. The summed E-state index contributed by atoms with van der Waals surface area (Å²) >= 11 is 20.0. The lowest BCUT2D eigenvalue weighted by Gasteiger charge is -2.14. The van der Waals surface area contributed by atoms with Crippen LogP contribution in [-0.2, 0) is 5.75 Å². The first-order valence-electron chi connectivity index (χ1n) is 8.38. The first-order valence-corrected chi connectivity index (χ1v) is 10.5. The van der Waals surface area contributed by atoms with Crippen LogP contribution >= 0.6 is 46.6 Å². The smallest absolute Gasteiger partial charge is 0.266 e. The number of aromatic nitrogens is 2. The van der Waals surface area contributed by atoms with Gasteiger partial charge in [-0.05, 0) is 54.1 Å². The topological polar surface area (TPSA) is 34.9 Å². The fourth-order valence-corrected chi connectivity index (χ4v) is 4.71. The minimum Gasteiger partial charge on any atom is -0.268 e. The first-order chi connectivity index (χ1) is 13.5. The van der Waals surface area contributed by atoms with Crippen molar-refractivity contribution in [2.45, 2.75) is 10.9 Å². The van der Waals surface area contributed by atoms with Gasteiger partial charge in [0.25, 0.3) is 5.56 Å². The molecule has 4 aromatic rings. The first kappa shape index (κ1) is 19.3. The van der Waals surface area contributed by atoms with Crippen molar-refractivity contribution >= 4 is 57.5 Å². The number of rotatable bonds is 4. The summed E-state index contributed by atoms with van der Waals surface area (Å²) in [7, 11) is 0. The van der Waals surface area contributed by atoms with Crippen LogP contribution in [0.4, 0.5) is 0 Å². The van der Waals surface area contributed by atoms with Crippen molar-refractivity contribution < 1.29 is 0 Å². The van der Waals surface area contributed by atoms with Crippen LogP contribution in [0.15, 0.2) is 76.7 Å². The Morgan fingerprint density at radius 3 is 2.25 bits per heavy atom. The molecule has 0 N–H and O–H groups in total. The summed E-state index contributed by atoms with van der Waals surface area (Å²) in [6.45, 7) is 0. The van der Waals surface area contributed by atoms with E-state index in [1.165, 1.54) is 11.8 Å². The van der Waals surface area contributed by atoms with E-state index < -0.39 is 0 Å². The highest BCUT2D eigenvalue weighted by molar-refractivity contribution is 7.98. The second kappa shape index (κ2) is 8.18. The lowest BCUT2D eigenvalue weighted by atomic mass is 10.2. The molecule has 0 unspecified atom stereocenters. The molecule has 4 rings (SSSR count). The largest absolute Gasteiger partial charge is 0.268 e. The van der Waals surface area contributed by atoms with E-state index in [9.17, 15) is 4.79 Å². The Balaban J connectivity index is 1.85. The van der Waals surface area contributed by atoms with Gasteiger partial charge in [-0.2, -0.15) is 0 Å². The number of nitrogens with zero attached hydrogens (tertiary/aromatic N) is 2. The van der Waals surface area contributed by atoms with Crippen LogP contribution in [0.1, 0.15) is 5.56 Å². The normalized spacial score (nSPS) is 11.1. The Labute approximate surface area is 180 Å². The average Bonchev–Trinajstić information content (AvgIpc) is 2.69. The van der Waals surface area contributed by atoms with Gasteiger partial charge in [-0.3, -0.25) is 9.36 Å². The van der Waals surface area contributed by atoms with Crippen LogP contribution in [0.25, 0.3) is 16.6 Å². The van der Waals surface area contributed by atoms with Crippen LogP contribution in [0.3, 0.4) is 0 Å². The van der Waals surface area contributed by atoms with Crippen LogP contribution in [0.5, 0.6) is 0 Å². The number of thioether (sulfide) groups is 1. The maximum Gasteiger partial charge on any atom is 0.266 e. The molecule has 0 saturated heterocycles. The molecule has 1 heterocycles. The highest BCUT2D eigenvalue weighted by atomic mass is 35.5. The minimum atomic E-state index is -0.138. The highest BCUT2D eigenvalue weighted by Crippen LogP contribution is 2.32. The molecule has 0 saturated carbocycles. The Hall–Kier alpha value is -1.98. The Kier molecular flexibility index (Phi) is 5.65. The van der Waals surface area contributed by atoms with Gasteiger partial charge in [-0.25, -0.2) is 4.98 Å². The standard InChI is InChI=1S/C21H13Cl3N2OS/c22-13-8-10-14(11-9-13)26-20(27)15-4-1-2-7-19(15)25-21(26)28-12-16-17(23)5-3-6-18(16)24/h1-11H,12H2. The fourth-order valence-electron chi connectivity index (χ4n) is 2.83. The van der Waals surface area contributed by atoms with Crippen molar-refractivity contribution in [3.63, 3.8) is 0 Å². The molecule has 7 heteroatoms. The van der Waals surface area contributed by atoms with Crippen LogP contribution < -0.4 is 5.56 Å². The zero-order chi connectivity index (χ0) is 19.7. The predicted molar refractivity (Wildman–Crippen MR) is 118 cm³/mol. The summed E-state index contributed by atoms with van der Waals surface area (Å²) in [6, 6.07) is 19.8. The molecule has 3 aromatic carbocycles. The third-order valence-electron chi connectivity index (χ3n) is 4.24. The summed E-state index contributed by atoms with van der Waals surface area (Å²) in [6.07, 6.45) is 0. The SMILES string of the molecule is O=c1c2ccccc2nc(SCc2c(Cl)cccc2Cl)n1-c1ccc(Cl)cc1. The van der Waals surface area contributed by atoms with E-state index in [4.69, 9.17) is 39.8 Å². The van der Waals surface area contributed by atoms with Gasteiger partial charge in [0.15, 0.2) is 5.16 Å². The third-order valence-corrected chi connectivity index (χ3v) is 6.16. The summed E-state index contributed by atoms with van der Waals surface area (Å²) in [5.74, 6) is 0.483. The number of hydrogen-bond acceptors (Lipinski definition) is 3. The number of para-hydroxylation sites is 1. The maximum absolute atomic E-state index is 13.2. The van der Waals surface area contributed by atoms with Crippen LogP contribution in [0.2, 0.25) is 15.1 Å². The van der Waals surface area contributed by atoms with E-state index in [0.29, 0.717) is 42.6 Å². The van der Waals surface area contributed by atoms with Crippen molar-refractivity contribution in [3.05, 3.63) is 97.7 Å². The molecule has 28 heavy (non-hydrogen) atoms. The van der Waals surface area contributed by atoms with Gasteiger partial charge >= 0.3 is 0 Å². The number of halogens is 3. The van der Waals surface area contributed by atoms with Crippen molar-refractivity contribution in [2.24, 2.45) is 0 Å². The van der Waals surface area contributed by atoms with E-state index >= 15 is 0 Å². The zero-order valence-electron chi connectivity index (χ0n) is 14.4. The Bertz CT molecular complexity index is 1200. The molecule has 0 aliphatic carbocycles. The van der Waals surface area contributed by atoms with Gasteiger partial charge in [0.2, 0.25) is 0 Å². The van der Waals surface area contributed by atoms with E-state index in [2.05, 4.69) is 0 Å². The van der Waals surface area contributed by atoms with Crippen molar-refractivity contribution in [2.75, 3.05) is 0 Å². The van der Waals surface area contributed by atoms with Crippen LogP contribution in [0, 0.1) is 0 Å². The molecule has 1 aromatic heterocycles. The molecule has 0 bridgehead atoms. The van der Waals surface area contributed by atoms with Crippen molar-refractivity contribution in [1.82, 2.24) is 9.55 Å². The third kappa shape index (κ3) is 3.78. The maximum atomic E-state index is 13.2. The molecular weight excluding hydrogens is 435 g/mol. The van der Waals surface area contributed by atoms with Gasteiger partial charge in [0.1, 0.15) is 0 Å². The molecule has 0 fully saturated rings. The molecule has 0 spiro atoms. The van der Waals surface area contributed by atoms with E-state index in [1.54, 1.807) is 53.1 Å². The molecule has 140 valence electrons. The Morgan fingerprint density at radius 2 is 1.54 bits per heavy atom. The molecule has 0 atom stereocenters. The van der Waals surface area contributed by atoms with Crippen molar-refractivity contribution in [3.8, 4) is 5.69 Å². The molecule has 3 nitrogen and oxygen atoms in total. The quantitative estimate of drug-likeness (QED) is 0.260. The molecular formula is C21H13Cl3N2OS. The molecule has 0 aliphatic rings. The minimum absolute atomic E-state index is 0.138. The predicted octanol–water partition coefficient (Wildman–Crippen LogP) is 6.64. The van der Waals surface area contributed by atoms with Gasteiger partial charge < -0.3 is 0 Å². The second-order valence-electron chi connectivity index (χ2n) is 6.02. The number of fused-ring (bicyclic) bond motifs is 1. The fraction of sp³-hybridized carbons (Fsp3) is 0.0476. The lowest BCUT2D eigenvalue weighted by molar-refractivity contribution is 0.819. The highest BCUT2D eigenvalue weighted by Gasteiger charge is 2.15. The van der Waals surface area contributed by atoms with Gasteiger partial charge in [0.05, 0.1) is 16.6 Å². The van der Waals surface area contributed by atoms with Gasteiger partial charge in [-0.15, -0.1) is 0 Å². The summed E-state index contributed by atoms with van der Waals surface area (Å²) < 4.78 is 1.59. The van der Waals surface area contributed by atoms with Crippen molar-refractivity contribution in [1.29, 1.82) is 0 Å². The lowest BCUT2D eigenvalue weighted by Crippen LogP contribution is -2.21. The monoisotopic (exact) mass is 446 g/mol. The summed E-state index contributed by atoms with van der Waals surface area (Å²) in [5.41, 5.74) is 2.01. The zero-order valence-corrected chi connectivity index (χ0v) is 17.5. The number of benzene rings is 3.